The summed E-state index contributed by atoms with van der Waals surface area (Å²) in [5.74, 6) is 0.321. The van der Waals surface area contributed by atoms with E-state index in [-0.39, 0.29) is 11.5 Å². The van der Waals surface area contributed by atoms with Crippen LogP contribution < -0.4 is 5.32 Å². The molecule has 1 aliphatic carbocycles. The summed E-state index contributed by atoms with van der Waals surface area (Å²) in [6, 6.07) is 8.05. The summed E-state index contributed by atoms with van der Waals surface area (Å²) >= 11 is 0. The molecule has 1 saturated heterocycles. The third kappa shape index (κ3) is 3.53. The molecule has 4 nitrogen and oxygen atoms in total. The number of piperidine rings is 1. The number of aromatic hydroxyl groups is 1. The highest BCUT2D eigenvalue weighted by Gasteiger charge is 2.40. The molecule has 1 aromatic carbocycles. The van der Waals surface area contributed by atoms with Gasteiger partial charge in [-0.05, 0) is 56.5 Å². The molecule has 0 saturated carbocycles. The Kier molecular flexibility index (Phi) is 5.15. The highest BCUT2D eigenvalue weighted by molar-refractivity contribution is 6.01. The van der Waals surface area contributed by atoms with Gasteiger partial charge in [0.15, 0.2) is 0 Å². The Hall–Kier alpha value is -2.33. The standard InChI is InChI=1S/C24H31N3O/c1-4-20-17(2)25-22-16-24(3,13-12-21(22)26-20)23(27-14-6-5-7-15-27)18-8-10-19(28)11-9-18/h8-12,16,23,25,28H,2,4-7,13-15H2,1,3H3. The SMILES string of the molecule is C=C1NC2=CC(C)(C(c3ccc(O)cc3)N3CCCCC3)CC=C2N=C1CC. The number of phenolic OH excluding ortho intramolecular Hbond substituents is 1. The lowest BCUT2D eigenvalue weighted by atomic mass is 9.71. The van der Waals surface area contributed by atoms with Crippen molar-refractivity contribution >= 4 is 5.71 Å². The summed E-state index contributed by atoms with van der Waals surface area (Å²) in [6.07, 6.45) is 10.3. The Labute approximate surface area is 168 Å². The molecule has 2 aliphatic heterocycles. The second-order valence-electron chi connectivity index (χ2n) is 8.46. The first-order chi connectivity index (χ1) is 13.5. The highest BCUT2D eigenvalue weighted by atomic mass is 16.3. The molecule has 2 N–H and O–H groups in total. The zero-order valence-corrected chi connectivity index (χ0v) is 17.0. The van der Waals surface area contributed by atoms with Crippen LogP contribution in [0.1, 0.15) is 57.6 Å². The number of rotatable bonds is 4. The van der Waals surface area contributed by atoms with Crippen molar-refractivity contribution in [2.75, 3.05) is 13.1 Å². The summed E-state index contributed by atoms with van der Waals surface area (Å²) in [5.41, 5.74) is 5.29. The van der Waals surface area contributed by atoms with E-state index in [2.05, 4.69) is 54.9 Å². The van der Waals surface area contributed by atoms with Gasteiger partial charge in [-0.3, -0.25) is 4.90 Å². The molecule has 0 aromatic heterocycles. The Morgan fingerprint density at radius 2 is 1.93 bits per heavy atom. The van der Waals surface area contributed by atoms with Crippen LogP contribution >= 0.6 is 0 Å². The predicted molar refractivity (Wildman–Crippen MR) is 115 cm³/mol. The lowest BCUT2D eigenvalue weighted by molar-refractivity contribution is 0.0853. The normalized spacial score (nSPS) is 26.5. The molecule has 3 aliphatic rings. The summed E-state index contributed by atoms with van der Waals surface area (Å²) in [5, 5.41) is 13.3. The van der Waals surface area contributed by atoms with E-state index in [1.165, 1.54) is 24.8 Å². The molecule has 4 rings (SSSR count). The van der Waals surface area contributed by atoms with Crippen LogP contribution in [0.2, 0.25) is 0 Å². The second kappa shape index (κ2) is 7.59. The van der Waals surface area contributed by atoms with Crippen molar-refractivity contribution in [2.24, 2.45) is 10.4 Å². The third-order valence-electron chi connectivity index (χ3n) is 6.30. The van der Waals surface area contributed by atoms with Crippen molar-refractivity contribution < 1.29 is 5.11 Å². The number of benzene rings is 1. The van der Waals surface area contributed by atoms with Gasteiger partial charge in [-0.2, -0.15) is 0 Å². The molecule has 0 amide bonds. The van der Waals surface area contributed by atoms with Gasteiger partial charge in [0, 0.05) is 11.5 Å². The Morgan fingerprint density at radius 1 is 1.21 bits per heavy atom. The van der Waals surface area contributed by atoms with Crippen LogP contribution in [0, 0.1) is 5.41 Å². The molecule has 4 heteroatoms. The minimum atomic E-state index is -0.0559. The van der Waals surface area contributed by atoms with Crippen LogP contribution in [-0.2, 0) is 0 Å². The van der Waals surface area contributed by atoms with Crippen LogP contribution in [0.4, 0.5) is 0 Å². The van der Waals surface area contributed by atoms with Crippen LogP contribution in [0.3, 0.4) is 0 Å². The summed E-state index contributed by atoms with van der Waals surface area (Å²) in [7, 11) is 0. The average molecular weight is 378 g/mol. The van der Waals surface area contributed by atoms with Gasteiger partial charge in [-0.1, -0.05) is 51.1 Å². The predicted octanol–water partition coefficient (Wildman–Crippen LogP) is 5.06. The monoisotopic (exact) mass is 377 g/mol. The molecule has 0 radical (unpaired) electrons. The number of nitrogens with zero attached hydrogens (tertiary/aromatic N) is 2. The maximum absolute atomic E-state index is 9.79. The lowest BCUT2D eigenvalue weighted by Gasteiger charge is -2.46. The van der Waals surface area contributed by atoms with Gasteiger partial charge in [0.2, 0.25) is 0 Å². The molecule has 1 fully saturated rings. The van der Waals surface area contributed by atoms with Gasteiger partial charge in [0.25, 0.3) is 0 Å². The van der Waals surface area contributed by atoms with Crippen molar-refractivity contribution in [3.8, 4) is 5.75 Å². The van der Waals surface area contributed by atoms with Crippen molar-refractivity contribution in [1.82, 2.24) is 10.2 Å². The van der Waals surface area contributed by atoms with Gasteiger partial charge >= 0.3 is 0 Å². The molecule has 0 spiro atoms. The van der Waals surface area contributed by atoms with E-state index in [1.54, 1.807) is 0 Å². The number of fused-ring (bicyclic) bond motifs is 1. The molecule has 2 unspecified atom stereocenters. The molecule has 1 aromatic rings. The molecule has 2 atom stereocenters. The lowest BCUT2D eigenvalue weighted by Crippen LogP contribution is -2.43. The number of phenols is 1. The van der Waals surface area contributed by atoms with E-state index < -0.39 is 0 Å². The Balaban J connectivity index is 1.72. The number of likely N-dealkylation sites (tertiary alicyclic amines) is 1. The van der Waals surface area contributed by atoms with Gasteiger partial charge in [-0.25, -0.2) is 4.99 Å². The minimum Gasteiger partial charge on any atom is -0.508 e. The number of hydrogen-bond acceptors (Lipinski definition) is 4. The molecule has 148 valence electrons. The topological polar surface area (TPSA) is 47.9 Å². The van der Waals surface area contributed by atoms with Crippen molar-refractivity contribution in [2.45, 2.75) is 52.0 Å². The number of allylic oxidation sites excluding steroid dienone is 2. The van der Waals surface area contributed by atoms with Gasteiger partial charge in [0.05, 0.1) is 22.8 Å². The zero-order valence-electron chi connectivity index (χ0n) is 17.0. The minimum absolute atomic E-state index is 0.0559. The van der Waals surface area contributed by atoms with E-state index in [0.717, 1.165) is 48.7 Å². The number of hydrogen-bond donors (Lipinski definition) is 2. The summed E-state index contributed by atoms with van der Waals surface area (Å²) in [4.78, 5) is 7.45. The smallest absolute Gasteiger partial charge is 0.115 e. The van der Waals surface area contributed by atoms with Crippen LogP contribution in [0.15, 0.2) is 65.1 Å². The van der Waals surface area contributed by atoms with E-state index in [0.29, 0.717) is 5.75 Å². The van der Waals surface area contributed by atoms with E-state index in [1.807, 2.05) is 12.1 Å². The first-order valence-corrected chi connectivity index (χ1v) is 10.5. The van der Waals surface area contributed by atoms with E-state index in [4.69, 9.17) is 4.99 Å². The van der Waals surface area contributed by atoms with Gasteiger partial charge < -0.3 is 10.4 Å². The maximum atomic E-state index is 9.79. The van der Waals surface area contributed by atoms with Gasteiger partial charge in [0.1, 0.15) is 5.75 Å². The largest absolute Gasteiger partial charge is 0.508 e. The van der Waals surface area contributed by atoms with Crippen molar-refractivity contribution in [1.29, 1.82) is 0 Å². The fourth-order valence-electron chi connectivity index (χ4n) is 4.87. The molecule has 0 bridgehead atoms. The first-order valence-electron chi connectivity index (χ1n) is 10.5. The fraction of sp³-hybridized carbons (Fsp3) is 0.458. The zero-order chi connectivity index (χ0) is 19.7. The third-order valence-corrected chi connectivity index (χ3v) is 6.30. The van der Waals surface area contributed by atoms with Crippen LogP contribution in [0.5, 0.6) is 5.75 Å². The number of nitrogens with one attached hydrogen (secondary N) is 1. The number of aliphatic imine (C=N–C) groups is 1. The summed E-state index contributed by atoms with van der Waals surface area (Å²) in [6.45, 7) is 10.9. The highest BCUT2D eigenvalue weighted by Crippen LogP contribution is 2.47. The molecule has 2 heterocycles. The van der Waals surface area contributed by atoms with E-state index >= 15 is 0 Å². The average Bonchev–Trinajstić information content (AvgIpc) is 2.70. The molecular weight excluding hydrogens is 346 g/mol. The first kappa shape index (κ1) is 19.0. The summed E-state index contributed by atoms with van der Waals surface area (Å²) < 4.78 is 0. The molecule has 28 heavy (non-hydrogen) atoms. The van der Waals surface area contributed by atoms with E-state index in [9.17, 15) is 5.11 Å². The Morgan fingerprint density at radius 3 is 2.61 bits per heavy atom. The Bertz CT molecular complexity index is 843. The van der Waals surface area contributed by atoms with Crippen LogP contribution in [-0.4, -0.2) is 28.8 Å². The van der Waals surface area contributed by atoms with Crippen molar-refractivity contribution in [3.05, 3.63) is 65.7 Å². The maximum Gasteiger partial charge on any atom is 0.115 e. The van der Waals surface area contributed by atoms with Gasteiger partial charge in [-0.15, -0.1) is 0 Å². The van der Waals surface area contributed by atoms with Crippen molar-refractivity contribution in [3.63, 3.8) is 0 Å². The quantitative estimate of drug-likeness (QED) is 0.770. The second-order valence-corrected chi connectivity index (χ2v) is 8.46. The fourth-order valence-corrected chi connectivity index (χ4v) is 4.87. The van der Waals surface area contributed by atoms with Crippen LogP contribution in [0.25, 0.3) is 0 Å². The molecular formula is C24H31N3O.